The third-order valence-corrected chi connectivity index (χ3v) is 6.10. The Bertz CT molecular complexity index is 537. The molecule has 0 amide bonds. The summed E-state index contributed by atoms with van der Waals surface area (Å²) in [5, 5.41) is 0.547. The van der Waals surface area contributed by atoms with Gasteiger partial charge in [0, 0.05) is 37.2 Å². The topological polar surface area (TPSA) is 40.6 Å². The van der Waals surface area contributed by atoms with E-state index in [2.05, 4.69) is 18.7 Å². The number of benzene rings is 1. The number of nitrogens with zero attached hydrogens (tertiary/aromatic N) is 2. The molecule has 4 nitrogen and oxygen atoms in total. The Hall–Kier alpha value is -0.620. The van der Waals surface area contributed by atoms with E-state index in [0.717, 1.165) is 19.5 Å². The zero-order valence-corrected chi connectivity index (χ0v) is 13.5. The molecule has 1 aliphatic rings. The Morgan fingerprint density at radius 1 is 1.15 bits per heavy atom. The van der Waals surface area contributed by atoms with Crippen LogP contribution in [0.25, 0.3) is 0 Å². The molecule has 1 atom stereocenters. The minimum Gasteiger partial charge on any atom is -0.298 e. The molecule has 112 valence electrons. The van der Waals surface area contributed by atoms with Gasteiger partial charge in [-0.3, -0.25) is 4.90 Å². The van der Waals surface area contributed by atoms with E-state index < -0.39 is 10.0 Å². The summed E-state index contributed by atoms with van der Waals surface area (Å²) in [6.45, 7) is 7.03. The first-order chi connectivity index (χ1) is 9.45. The first kappa shape index (κ1) is 15.8. The second-order valence-electron chi connectivity index (χ2n) is 5.15. The molecule has 1 aliphatic heterocycles. The predicted octanol–water partition coefficient (Wildman–Crippen LogP) is 2.44. The summed E-state index contributed by atoms with van der Waals surface area (Å²) < 4.78 is 26.6. The number of piperazine rings is 1. The van der Waals surface area contributed by atoms with E-state index in [1.54, 1.807) is 28.6 Å². The van der Waals surface area contributed by atoms with Crippen LogP contribution in [0.3, 0.4) is 0 Å². The van der Waals surface area contributed by atoms with E-state index >= 15 is 0 Å². The van der Waals surface area contributed by atoms with Crippen molar-refractivity contribution < 1.29 is 8.42 Å². The lowest BCUT2D eigenvalue weighted by molar-refractivity contribution is 0.142. The molecule has 0 N–H and O–H groups in total. The standard InChI is InChI=1S/C14H21ClN2O2S/c1-3-12(2)16-8-10-17(11-9-16)20(18,19)14-6-4-13(15)5-7-14/h4-7,12H,3,8-11H2,1-2H3/t12-/m1/s1. The number of sulfonamides is 1. The lowest BCUT2D eigenvalue weighted by Gasteiger charge is -2.37. The van der Waals surface area contributed by atoms with Gasteiger partial charge < -0.3 is 0 Å². The van der Waals surface area contributed by atoms with Crippen LogP contribution in [0.4, 0.5) is 0 Å². The molecule has 1 aromatic rings. The summed E-state index contributed by atoms with van der Waals surface area (Å²) in [4.78, 5) is 2.66. The summed E-state index contributed by atoms with van der Waals surface area (Å²) in [7, 11) is -3.39. The van der Waals surface area contributed by atoms with Gasteiger partial charge in [-0.2, -0.15) is 4.31 Å². The largest absolute Gasteiger partial charge is 0.298 e. The fraction of sp³-hybridized carbons (Fsp3) is 0.571. The maximum atomic E-state index is 12.5. The smallest absolute Gasteiger partial charge is 0.243 e. The summed E-state index contributed by atoms with van der Waals surface area (Å²) in [6, 6.07) is 6.88. The highest BCUT2D eigenvalue weighted by molar-refractivity contribution is 7.89. The van der Waals surface area contributed by atoms with Gasteiger partial charge in [0.05, 0.1) is 4.90 Å². The molecule has 0 aliphatic carbocycles. The lowest BCUT2D eigenvalue weighted by Crippen LogP contribution is -2.51. The van der Waals surface area contributed by atoms with Crippen molar-refractivity contribution in [1.29, 1.82) is 0 Å². The van der Waals surface area contributed by atoms with E-state index in [0.29, 0.717) is 29.0 Å². The molecule has 20 heavy (non-hydrogen) atoms. The first-order valence-electron chi connectivity index (χ1n) is 6.95. The molecule has 0 bridgehead atoms. The van der Waals surface area contributed by atoms with Crippen LogP contribution in [0, 0.1) is 0 Å². The molecule has 1 aromatic carbocycles. The number of hydrogen-bond acceptors (Lipinski definition) is 3. The van der Waals surface area contributed by atoms with Crippen molar-refractivity contribution >= 4 is 21.6 Å². The Morgan fingerprint density at radius 3 is 2.20 bits per heavy atom. The minimum absolute atomic E-state index is 0.318. The first-order valence-corrected chi connectivity index (χ1v) is 8.76. The summed E-state index contributed by atoms with van der Waals surface area (Å²) >= 11 is 5.80. The summed E-state index contributed by atoms with van der Waals surface area (Å²) in [5.41, 5.74) is 0. The molecular weight excluding hydrogens is 296 g/mol. The molecule has 0 saturated carbocycles. The zero-order valence-electron chi connectivity index (χ0n) is 11.9. The molecular formula is C14H21ClN2O2S. The van der Waals surface area contributed by atoms with Gasteiger partial charge in [0.1, 0.15) is 0 Å². The Labute approximate surface area is 126 Å². The number of halogens is 1. The Morgan fingerprint density at radius 2 is 1.70 bits per heavy atom. The zero-order chi connectivity index (χ0) is 14.8. The predicted molar refractivity (Wildman–Crippen MR) is 81.5 cm³/mol. The van der Waals surface area contributed by atoms with Crippen LogP contribution in [0.2, 0.25) is 5.02 Å². The second-order valence-corrected chi connectivity index (χ2v) is 7.53. The Balaban J connectivity index is 2.07. The van der Waals surface area contributed by atoms with Crippen LogP contribution in [0.5, 0.6) is 0 Å². The molecule has 0 radical (unpaired) electrons. The van der Waals surface area contributed by atoms with Crippen LogP contribution >= 0.6 is 11.6 Å². The molecule has 1 heterocycles. The van der Waals surface area contributed by atoms with Gasteiger partial charge in [0.2, 0.25) is 10.0 Å². The van der Waals surface area contributed by atoms with Gasteiger partial charge in [0.25, 0.3) is 0 Å². The lowest BCUT2D eigenvalue weighted by atomic mass is 10.2. The molecule has 6 heteroatoms. The third-order valence-electron chi connectivity index (χ3n) is 3.94. The molecule has 2 rings (SSSR count). The monoisotopic (exact) mass is 316 g/mol. The SMILES string of the molecule is CC[C@@H](C)N1CCN(S(=O)(=O)c2ccc(Cl)cc2)CC1. The van der Waals surface area contributed by atoms with Crippen molar-refractivity contribution in [3.63, 3.8) is 0 Å². The van der Waals surface area contributed by atoms with Crippen molar-refractivity contribution in [2.75, 3.05) is 26.2 Å². The van der Waals surface area contributed by atoms with Crippen LogP contribution in [-0.4, -0.2) is 49.8 Å². The second kappa shape index (κ2) is 6.43. The van der Waals surface area contributed by atoms with E-state index in [1.807, 2.05) is 0 Å². The normalized spacial score (nSPS) is 19.9. The number of hydrogen-bond donors (Lipinski definition) is 0. The van der Waals surface area contributed by atoms with Crippen LogP contribution in [-0.2, 0) is 10.0 Å². The molecule has 1 fully saturated rings. The van der Waals surface area contributed by atoms with Crippen LogP contribution < -0.4 is 0 Å². The average Bonchev–Trinajstić information content (AvgIpc) is 2.47. The van der Waals surface area contributed by atoms with Crippen LogP contribution in [0.15, 0.2) is 29.2 Å². The average molecular weight is 317 g/mol. The van der Waals surface area contributed by atoms with E-state index in [9.17, 15) is 8.42 Å². The highest BCUT2D eigenvalue weighted by Gasteiger charge is 2.29. The highest BCUT2D eigenvalue weighted by atomic mass is 35.5. The van der Waals surface area contributed by atoms with E-state index in [-0.39, 0.29) is 0 Å². The summed E-state index contributed by atoms with van der Waals surface area (Å²) in [5.74, 6) is 0. The highest BCUT2D eigenvalue weighted by Crippen LogP contribution is 2.20. The maximum Gasteiger partial charge on any atom is 0.243 e. The van der Waals surface area contributed by atoms with E-state index in [1.165, 1.54) is 0 Å². The van der Waals surface area contributed by atoms with Crippen molar-refractivity contribution in [1.82, 2.24) is 9.21 Å². The Kier molecular flexibility index (Phi) is 5.07. The third kappa shape index (κ3) is 3.34. The fourth-order valence-corrected chi connectivity index (χ4v) is 3.95. The van der Waals surface area contributed by atoms with Gasteiger partial charge in [-0.1, -0.05) is 18.5 Å². The van der Waals surface area contributed by atoms with Gasteiger partial charge in [-0.15, -0.1) is 0 Å². The van der Waals surface area contributed by atoms with Crippen molar-refractivity contribution in [2.24, 2.45) is 0 Å². The van der Waals surface area contributed by atoms with Crippen molar-refractivity contribution in [3.05, 3.63) is 29.3 Å². The maximum absolute atomic E-state index is 12.5. The number of rotatable bonds is 4. The van der Waals surface area contributed by atoms with E-state index in [4.69, 9.17) is 11.6 Å². The molecule has 0 unspecified atom stereocenters. The fourth-order valence-electron chi connectivity index (χ4n) is 2.40. The van der Waals surface area contributed by atoms with Crippen LogP contribution in [0.1, 0.15) is 20.3 Å². The van der Waals surface area contributed by atoms with Crippen molar-refractivity contribution in [2.45, 2.75) is 31.2 Å². The van der Waals surface area contributed by atoms with Gasteiger partial charge in [0.15, 0.2) is 0 Å². The molecule has 1 saturated heterocycles. The quantitative estimate of drug-likeness (QED) is 0.856. The van der Waals surface area contributed by atoms with Crippen molar-refractivity contribution in [3.8, 4) is 0 Å². The molecule has 0 spiro atoms. The van der Waals surface area contributed by atoms with Gasteiger partial charge in [-0.05, 0) is 37.6 Å². The summed E-state index contributed by atoms with van der Waals surface area (Å²) in [6.07, 6.45) is 1.09. The minimum atomic E-state index is -3.39. The van der Waals surface area contributed by atoms with Gasteiger partial charge in [-0.25, -0.2) is 8.42 Å². The molecule has 0 aromatic heterocycles. The van der Waals surface area contributed by atoms with Gasteiger partial charge >= 0.3 is 0 Å².